The first-order valence-corrected chi connectivity index (χ1v) is 5.55. The van der Waals surface area contributed by atoms with E-state index in [1.807, 2.05) is 0 Å². The molecule has 0 aromatic carbocycles. The van der Waals surface area contributed by atoms with Crippen LogP contribution in [-0.2, 0) is 4.12 Å². The molecule has 0 spiro atoms. The Labute approximate surface area is 57.3 Å². The molecule has 8 heavy (non-hydrogen) atoms. The molecule has 0 aliphatic rings. The SMILES string of the molecule is CCC(CC)[SiH2]O[SiH3]. The summed E-state index contributed by atoms with van der Waals surface area (Å²) in [6, 6.07) is 0. The van der Waals surface area contributed by atoms with Crippen molar-refractivity contribution in [1.82, 2.24) is 0 Å². The highest BCUT2D eigenvalue weighted by molar-refractivity contribution is 6.36. The lowest BCUT2D eigenvalue weighted by Crippen LogP contribution is -2.03. The van der Waals surface area contributed by atoms with Gasteiger partial charge in [-0.3, -0.25) is 0 Å². The highest BCUT2D eigenvalue weighted by atomic mass is 28.3. The van der Waals surface area contributed by atoms with Crippen molar-refractivity contribution in [2.45, 2.75) is 32.2 Å². The Balaban J connectivity index is 3.07. The normalized spacial score (nSPS) is 12.4. The minimum Gasteiger partial charge on any atom is -0.468 e. The molecule has 0 amide bonds. The molecule has 0 saturated heterocycles. The molecule has 0 bridgehead atoms. The Bertz CT molecular complexity index is 45.7. The van der Waals surface area contributed by atoms with Gasteiger partial charge in [-0.1, -0.05) is 26.7 Å². The second-order valence-corrected chi connectivity index (χ2v) is 5.94. The van der Waals surface area contributed by atoms with Crippen molar-refractivity contribution in [3.63, 3.8) is 0 Å². The van der Waals surface area contributed by atoms with Gasteiger partial charge in [-0.15, -0.1) is 0 Å². The Morgan fingerprint density at radius 3 is 2.12 bits per heavy atom. The van der Waals surface area contributed by atoms with Gasteiger partial charge in [0.2, 0.25) is 0 Å². The van der Waals surface area contributed by atoms with Gasteiger partial charge >= 0.3 is 0 Å². The summed E-state index contributed by atoms with van der Waals surface area (Å²) >= 11 is 0. The van der Waals surface area contributed by atoms with Crippen LogP contribution in [0.25, 0.3) is 0 Å². The molecular weight excluding hydrogens is 132 g/mol. The summed E-state index contributed by atoms with van der Waals surface area (Å²) in [5, 5.41) is 0. The maximum absolute atomic E-state index is 5.26. The summed E-state index contributed by atoms with van der Waals surface area (Å²) in [4.78, 5) is 0. The van der Waals surface area contributed by atoms with Crippen molar-refractivity contribution >= 4 is 20.2 Å². The van der Waals surface area contributed by atoms with Crippen LogP contribution < -0.4 is 0 Å². The van der Waals surface area contributed by atoms with Crippen LogP contribution in [-0.4, -0.2) is 20.2 Å². The topological polar surface area (TPSA) is 9.23 Å². The molecule has 0 aromatic rings. The highest BCUT2D eigenvalue weighted by Crippen LogP contribution is 2.11. The Hall–Kier alpha value is 0.394. The average molecular weight is 148 g/mol. The van der Waals surface area contributed by atoms with Crippen LogP contribution >= 0.6 is 0 Å². The summed E-state index contributed by atoms with van der Waals surface area (Å²) in [5.41, 5.74) is 0.951. The van der Waals surface area contributed by atoms with E-state index in [4.69, 9.17) is 4.12 Å². The van der Waals surface area contributed by atoms with E-state index in [2.05, 4.69) is 13.8 Å². The van der Waals surface area contributed by atoms with Gasteiger partial charge in [0.25, 0.3) is 0 Å². The van der Waals surface area contributed by atoms with Crippen LogP contribution in [0.3, 0.4) is 0 Å². The molecule has 0 aromatic heterocycles. The van der Waals surface area contributed by atoms with E-state index < -0.39 is 0 Å². The monoisotopic (exact) mass is 148 g/mol. The van der Waals surface area contributed by atoms with Crippen molar-refractivity contribution < 1.29 is 4.12 Å². The third-order valence-corrected chi connectivity index (χ3v) is 4.52. The second kappa shape index (κ2) is 5.53. The maximum atomic E-state index is 5.26. The summed E-state index contributed by atoms with van der Waals surface area (Å²) < 4.78 is 5.26. The van der Waals surface area contributed by atoms with Gasteiger partial charge in [0.1, 0.15) is 20.2 Å². The molecule has 0 heterocycles. The van der Waals surface area contributed by atoms with E-state index >= 15 is 0 Å². The van der Waals surface area contributed by atoms with E-state index in [0.29, 0.717) is 0 Å². The third-order valence-electron chi connectivity index (χ3n) is 1.56. The summed E-state index contributed by atoms with van der Waals surface area (Å²) in [7, 11) is 0.855. The molecule has 0 aliphatic heterocycles. The molecular formula is C5H16OSi2. The standard InChI is InChI=1S/C5H16OSi2/c1-3-5(4-2)8-6-7/h5H,3-4,8H2,1-2,7H3. The van der Waals surface area contributed by atoms with Crippen LogP contribution in [0, 0.1) is 0 Å². The lowest BCUT2D eigenvalue weighted by Gasteiger charge is -2.08. The summed E-state index contributed by atoms with van der Waals surface area (Å²) in [6.07, 6.45) is 2.65. The molecule has 0 saturated carbocycles. The number of rotatable bonds is 4. The molecule has 0 fully saturated rings. The average Bonchev–Trinajstić information content (AvgIpc) is 1.83. The van der Waals surface area contributed by atoms with Gasteiger partial charge in [0.15, 0.2) is 0 Å². The molecule has 0 atom stereocenters. The van der Waals surface area contributed by atoms with E-state index in [-0.39, 0.29) is 9.76 Å². The van der Waals surface area contributed by atoms with E-state index in [9.17, 15) is 0 Å². The second-order valence-electron chi connectivity index (χ2n) is 2.14. The van der Waals surface area contributed by atoms with Gasteiger partial charge < -0.3 is 4.12 Å². The van der Waals surface area contributed by atoms with Gasteiger partial charge in [0.05, 0.1) is 0 Å². The van der Waals surface area contributed by atoms with Crippen molar-refractivity contribution in [3.05, 3.63) is 0 Å². The van der Waals surface area contributed by atoms with Crippen molar-refractivity contribution in [1.29, 1.82) is 0 Å². The van der Waals surface area contributed by atoms with E-state index in [0.717, 1.165) is 16.0 Å². The molecule has 1 nitrogen and oxygen atoms in total. The third kappa shape index (κ3) is 3.40. The first-order valence-electron chi connectivity index (χ1n) is 3.34. The van der Waals surface area contributed by atoms with Gasteiger partial charge in [-0.2, -0.15) is 0 Å². The fraction of sp³-hybridized carbons (Fsp3) is 1.00. The van der Waals surface area contributed by atoms with E-state index in [1.165, 1.54) is 12.8 Å². The molecule has 0 aliphatic carbocycles. The largest absolute Gasteiger partial charge is 0.468 e. The van der Waals surface area contributed by atoms with Crippen LogP contribution in [0.15, 0.2) is 0 Å². The lowest BCUT2D eigenvalue weighted by atomic mass is 10.3. The lowest BCUT2D eigenvalue weighted by molar-refractivity contribution is 0.609. The molecule has 3 heteroatoms. The predicted molar refractivity (Wildman–Crippen MR) is 43.9 cm³/mol. The van der Waals surface area contributed by atoms with Crippen LogP contribution in [0.2, 0.25) is 5.54 Å². The predicted octanol–water partition coefficient (Wildman–Crippen LogP) is -0.0243. The van der Waals surface area contributed by atoms with E-state index in [1.54, 1.807) is 0 Å². The zero-order chi connectivity index (χ0) is 6.41. The fourth-order valence-corrected chi connectivity index (χ4v) is 3.12. The summed E-state index contributed by atoms with van der Waals surface area (Å²) in [6.45, 7) is 4.50. The van der Waals surface area contributed by atoms with Crippen LogP contribution in [0.1, 0.15) is 26.7 Å². The minimum atomic E-state index is -0.103. The number of hydrogen-bond donors (Lipinski definition) is 0. The smallest absolute Gasteiger partial charge is 0.148 e. The van der Waals surface area contributed by atoms with Crippen molar-refractivity contribution in [3.8, 4) is 0 Å². The Kier molecular flexibility index (Phi) is 5.80. The van der Waals surface area contributed by atoms with Gasteiger partial charge in [-0.05, 0) is 5.54 Å². The molecule has 0 unspecified atom stereocenters. The highest BCUT2D eigenvalue weighted by Gasteiger charge is 2.00. The molecule has 0 N–H and O–H groups in total. The first-order chi connectivity index (χ1) is 3.85. The Morgan fingerprint density at radius 2 is 2.00 bits per heavy atom. The van der Waals surface area contributed by atoms with Crippen LogP contribution in [0.5, 0.6) is 0 Å². The van der Waals surface area contributed by atoms with Gasteiger partial charge in [-0.25, -0.2) is 0 Å². The molecule has 0 radical (unpaired) electrons. The quantitative estimate of drug-likeness (QED) is 0.509. The minimum absolute atomic E-state index is 0.103. The zero-order valence-corrected chi connectivity index (χ0v) is 9.52. The van der Waals surface area contributed by atoms with Crippen LogP contribution in [0.4, 0.5) is 0 Å². The zero-order valence-electron chi connectivity index (χ0n) is 6.11. The van der Waals surface area contributed by atoms with Gasteiger partial charge in [0, 0.05) is 0 Å². The maximum Gasteiger partial charge on any atom is 0.148 e. The fourth-order valence-electron chi connectivity index (χ4n) is 0.760. The molecule has 0 rings (SSSR count). The molecule has 50 valence electrons. The Morgan fingerprint density at radius 1 is 1.50 bits per heavy atom. The van der Waals surface area contributed by atoms with Crippen molar-refractivity contribution in [2.75, 3.05) is 0 Å². The summed E-state index contributed by atoms with van der Waals surface area (Å²) in [5.74, 6) is 0. The first kappa shape index (κ1) is 8.39. The number of hydrogen-bond acceptors (Lipinski definition) is 1. The van der Waals surface area contributed by atoms with Crippen molar-refractivity contribution in [2.24, 2.45) is 0 Å².